The van der Waals surface area contributed by atoms with Gasteiger partial charge in [0, 0.05) is 5.57 Å². The van der Waals surface area contributed by atoms with Gasteiger partial charge in [0.25, 0.3) is 0 Å². The summed E-state index contributed by atoms with van der Waals surface area (Å²) in [6.45, 7) is 2.28. The Balaban J connectivity index is 2.59. The van der Waals surface area contributed by atoms with Crippen molar-refractivity contribution in [1.29, 1.82) is 0 Å². The number of halogens is 1. The van der Waals surface area contributed by atoms with Gasteiger partial charge in [-0.1, -0.05) is 12.2 Å². The SMILES string of the molecule is CCOC(=O)C1=CC=C(I)CC1. The molecule has 0 atom stereocenters. The van der Waals surface area contributed by atoms with Crippen molar-refractivity contribution < 1.29 is 9.53 Å². The number of rotatable bonds is 2. The van der Waals surface area contributed by atoms with E-state index >= 15 is 0 Å². The summed E-state index contributed by atoms with van der Waals surface area (Å²) < 4.78 is 6.17. The van der Waals surface area contributed by atoms with Crippen molar-refractivity contribution in [3.63, 3.8) is 0 Å². The largest absolute Gasteiger partial charge is 0.463 e. The van der Waals surface area contributed by atoms with Gasteiger partial charge in [-0.2, -0.15) is 0 Å². The third kappa shape index (κ3) is 2.62. The second-order valence-corrected chi connectivity index (χ2v) is 3.91. The second-order valence-electron chi connectivity index (χ2n) is 2.53. The molecule has 3 heteroatoms. The van der Waals surface area contributed by atoms with E-state index in [4.69, 9.17) is 4.74 Å². The normalized spacial score (nSPS) is 16.5. The Morgan fingerprint density at radius 3 is 2.83 bits per heavy atom. The first-order valence-corrected chi connectivity index (χ1v) is 5.04. The maximum absolute atomic E-state index is 11.2. The predicted octanol–water partition coefficient (Wildman–Crippen LogP) is 2.59. The van der Waals surface area contributed by atoms with E-state index in [0.717, 1.165) is 18.4 Å². The third-order valence-electron chi connectivity index (χ3n) is 1.64. The lowest BCUT2D eigenvalue weighted by molar-refractivity contribution is -0.138. The molecule has 0 aromatic rings. The van der Waals surface area contributed by atoms with Crippen molar-refractivity contribution in [1.82, 2.24) is 0 Å². The van der Waals surface area contributed by atoms with E-state index in [-0.39, 0.29) is 5.97 Å². The van der Waals surface area contributed by atoms with Crippen molar-refractivity contribution in [3.05, 3.63) is 21.3 Å². The summed E-state index contributed by atoms with van der Waals surface area (Å²) in [5.41, 5.74) is 0.789. The van der Waals surface area contributed by atoms with E-state index in [1.165, 1.54) is 3.58 Å². The lowest BCUT2D eigenvalue weighted by Gasteiger charge is -2.09. The molecular weight excluding hydrogens is 267 g/mol. The molecule has 66 valence electrons. The fourth-order valence-electron chi connectivity index (χ4n) is 1.01. The number of hydrogen-bond donors (Lipinski definition) is 0. The molecule has 0 N–H and O–H groups in total. The van der Waals surface area contributed by atoms with Crippen LogP contribution in [0, 0.1) is 0 Å². The average molecular weight is 278 g/mol. The lowest BCUT2D eigenvalue weighted by Crippen LogP contribution is -2.08. The van der Waals surface area contributed by atoms with Crippen molar-refractivity contribution in [2.24, 2.45) is 0 Å². The Kier molecular flexibility index (Phi) is 3.78. The molecule has 12 heavy (non-hydrogen) atoms. The van der Waals surface area contributed by atoms with Crippen LogP contribution in [-0.4, -0.2) is 12.6 Å². The molecule has 1 aliphatic carbocycles. The first-order chi connectivity index (χ1) is 5.74. The number of ether oxygens (including phenoxy) is 1. The van der Waals surface area contributed by atoms with Gasteiger partial charge >= 0.3 is 5.97 Å². The van der Waals surface area contributed by atoms with Crippen LogP contribution in [-0.2, 0) is 9.53 Å². The zero-order chi connectivity index (χ0) is 8.97. The highest BCUT2D eigenvalue weighted by molar-refractivity contribution is 14.1. The van der Waals surface area contributed by atoms with Gasteiger partial charge in [-0.3, -0.25) is 0 Å². The fraction of sp³-hybridized carbons (Fsp3) is 0.444. The maximum atomic E-state index is 11.2. The summed E-state index contributed by atoms with van der Waals surface area (Å²) >= 11 is 2.28. The molecule has 0 bridgehead atoms. The van der Waals surface area contributed by atoms with E-state index in [0.29, 0.717) is 6.61 Å². The molecule has 0 fully saturated rings. The minimum absolute atomic E-state index is 0.169. The molecule has 0 unspecified atom stereocenters. The zero-order valence-corrected chi connectivity index (χ0v) is 9.13. The van der Waals surface area contributed by atoms with Crippen LogP contribution in [0.3, 0.4) is 0 Å². The molecule has 0 aromatic heterocycles. The van der Waals surface area contributed by atoms with E-state index in [9.17, 15) is 4.79 Å². The molecule has 0 spiro atoms. The van der Waals surface area contributed by atoms with Crippen LogP contribution in [0.5, 0.6) is 0 Å². The van der Waals surface area contributed by atoms with E-state index in [2.05, 4.69) is 22.6 Å². The summed E-state index contributed by atoms with van der Waals surface area (Å²) in [6.07, 6.45) is 5.60. The summed E-state index contributed by atoms with van der Waals surface area (Å²) in [6, 6.07) is 0. The Labute approximate surface area is 85.8 Å². The van der Waals surface area contributed by atoms with Gasteiger partial charge in [-0.15, -0.1) is 0 Å². The fourth-order valence-corrected chi connectivity index (χ4v) is 1.46. The summed E-state index contributed by atoms with van der Waals surface area (Å²) in [4.78, 5) is 11.2. The second kappa shape index (κ2) is 4.64. The van der Waals surface area contributed by atoms with Crippen LogP contribution >= 0.6 is 22.6 Å². The molecule has 0 aromatic carbocycles. The van der Waals surface area contributed by atoms with Gasteiger partial charge < -0.3 is 4.74 Å². The third-order valence-corrected chi connectivity index (χ3v) is 2.54. The minimum Gasteiger partial charge on any atom is -0.463 e. The van der Waals surface area contributed by atoms with Crippen LogP contribution < -0.4 is 0 Å². The zero-order valence-electron chi connectivity index (χ0n) is 6.97. The first-order valence-electron chi connectivity index (χ1n) is 3.96. The highest BCUT2D eigenvalue weighted by Gasteiger charge is 2.12. The van der Waals surface area contributed by atoms with Gasteiger partial charge in [0.15, 0.2) is 0 Å². The molecule has 0 heterocycles. The van der Waals surface area contributed by atoms with Crippen LogP contribution in [0.25, 0.3) is 0 Å². The Morgan fingerprint density at radius 1 is 1.58 bits per heavy atom. The van der Waals surface area contributed by atoms with E-state index in [1.54, 1.807) is 0 Å². The molecule has 0 aliphatic heterocycles. The Morgan fingerprint density at radius 2 is 2.33 bits per heavy atom. The molecule has 0 saturated heterocycles. The van der Waals surface area contributed by atoms with Gasteiger partial charge in [-0.25, -0.2) is 4.79 Å². The van der Waals surface area contributed by atoms with Gasteiger partial charge in [0.2, 0.25) is 0 Å². The van der Waals surface area contributed by atoms with Gasteiger partial charge in [-0.05, 0) is 45.9 Å². The average Bonchev–Trinajstić information content (AvgIpc) is 2.06. The van der Waals surface area contributed by atoms with Crippen molar-refractivity contribution in [2.45, 2.75) is 19.8 Å². The number of carbonyl (C=O) groups excluding carboxylic acids is 1. The Hall–Kier alpha value is -0.320. The number of allylic oxidation sites excluding steroid dienone is 3. The number of carbonyl (C=O) groups is 1. The molecule has 2 nitrogen and oxygen atoms in total. The van der Waals surface area contributed by atoms with Gasteiger partial charge in [0.05, 0.1) is 6.61 Å². The lowest BCUT2D eigenvalue weighted by atomic mass is 10.1. The van der Waals surface area contributed by atoms with Crippen LogP contribution in [0.15, 0.2) is 21.3 Å². The molecule has 1 aliphatic rings. The van der Waals surface area contributed by atoms with E-state index < -0.39 is 0 Å². The summed E-state index contributed by atoms with van der Waals surface area (Å²) in [5, 5.41) is 0. The quantitative estimate of drug-likeness (QED) is 0.573. The van der Waals surface area contributed by atoms with Crippen LogP contribution in [0.2, 0.25) is 0 Å². The van der Waals surface area contributed by atoms with Crippen molar-refractivity contribution >= 4 is 28.6 Å². The standard InChI is InChI=1S/C9H11IO2/c1-2-12-9(11)7-3-5-8(10)6-4-7/h3,5H,2,4,6H2,1H3. The Bertz CT molecular complexity index is 241. The van der Waals surface area contributed by atoms with Crippen LogP contribution in [0.1, 0.15) is 19.8 Å². The smallest absolute Gasteiger partial charge is 0.333 e. The van der Waals surface area contributed by atoms with Crippen molar-refractivity contribution in [3.8, 4) is 0 Å². The highest BCUT2D eigenvalue weighted by Crippen LogP contribution is 2.23. The number of hydrogen-bond acceptors (Lipinski definition) is 2. The molecule has 0 amide bonds. The molecular formula is C9H11IO2. The first kappa shape index (κ1) is 9.77. The topological polar surface area (TPSA) is 26.3 Å². The van der Waals surface area contributed by atoms with E-state index in [1.807, 2.05) is 19.1 Å². The number of esters is 1. The minimum atomic E-state index is -0.169. The van der Waals surface area contributed by atoms with Gasteiger partial charge in [0.1, 0.15) is 0 Å². The highest BCUT2D eigenvalue weighted by atomic mass is 127. The maximum Gasteiger partial charge on any atom is 0.333 e. The summed E-state index contributed by atoms with van der Waals surface area (Å²) in [5.74, 6) is -0.169. The van der Waals surface area contributed by atoms with Crippen molar-refractivity contribution in [2.75, 3.05) is 6.61 Å². The molecule has 1 rings (SSSR count). The molecule has 0 saturated carbocycles. The summed E-state index contributed by atoms with van der Waals surface area (Å²) in [7, 11) is 0. The van der Waals surface area contributed by atoms with Crippen LogP contribution in [0.4, 0.5) is 0 Å². The molecule has 0 radical (unpaired) electrons. The monoisotopic (exact) mass is 278 g/mol. The predicted molar refractivity (Wildman–Crippen MR) is 56.1 cm³/mol.